The monoisotopic (exact) mass is 316 g/mol. The van der Waals surface area contributed by atoms with Gasteiger partial charge < -0.3 is 10.2 Å². The zero-order valence-corrected chi connectivity index (χ0v) is 15.0. The van der Waals surface area contributed by atoms with E-state index in [0.29, 0.717) is 6.42 Å². The number of hydrogen-bond donors (Lipinski definition) is 1. The van der Waals surface area contributed by atoms with Crippen LogP contribution in [-0.2, 0) is 16.6 Å². The number of aryl methyl sites for hydroxylation is 1. The first-order valence-corrected chi connectivity index (χ1v) is 9.03. The highest BCUT2D eigenvalue weighted by atomic mass is 16.1. The Hall–Kier alpha value is -1.35. The van der Waals surface area contributed by atoms with Gasteiger partial charge in [0, 0.05) is 19.5 Å². The first-order valence-electron chi connectivity index (χ1n) is 9.03. The largest absolute Gasteiger partial charge is 0.355 e. The van der Waals surface area contributed by atoms with Gasteiger partial charge in [0.25, 0.3) is 0 Å². The maximum Gasteiger partial charge on any atom is 0.220 e. The Morgan fingerprint density at radius 2 is 1.74 bits per heavy atom. The Labute approximate surface area is 141 Å². The summed E-state index contributed by atoms with van der Waals surface area (Å²) in [6.07, 6.45) is 5.36. The molecule has 0 aromatic heterocycles. The van der Waals surface area contributed by atoms with Gasteiger partial charge in [0.1, 0.15) is 0 Å². The van der Waals surface area contributed by atoms with E-state index in [-0.39, 0.29) is 11.3 Å². The van der Waals surface area contributed by atoms with Gasteiger partial charge in [0.05, 0.1) is 0 Å². The van der Waals surface area contributed by atoms with E-state index in [1.165, 1.54) is 43.5 Å². The van der Waals surface area contributed by atoms with E-state index in [4.69, 9.17) is 0 Å². The van der Waals surface area contributed by atoms with Crippen LogP contribution in [0, 0.1) is 0 Å². The smallest absolute Gasteiger partial charge is 0.220 e. The highest BCUT2D eigenvalue weighted by Gasteiger charge is 2.13. The van der Waals surface area contributed by atoms with E-state index in [9.17, 15) is 4.79 Å². The molecule has 0 unspecified atom stereocenters. The van der Waals surface area contributed by atoms with E-state index in [0.717, 1.165) is 19.5 Å². The van der Waals surface area contributed by atoms with Gasteiger partial charge in [-0.05, 0) is 48.9 Å². The third-order valence-corrected chi connectivity index (χ3v) is 4.66. The predicted molar refractivity (Wildman–Crippen MR) is 96.8 cm³/mol. The topological polar surface area (TPSA) is 32.3 Å². The van der Waals surface area contributed by atoms with Gasteiger partial charge in [0.15, 0.2) is 0 Å². The maximum atomic E-state index is 12.0. The van der Waals surface area contributed by atoms with Crippen LogP contribution >= 0.6 is 0 Å². The number of hydrogen-bond acceptors (Lipinski definition) is 2. The molecule has 1 heterocycles. The molecule has 3 nitrogen and oxygen atoms in total. The fourth-order valence-electron chi connectivity index (χ4n) is 3.05. The third kappa shape index (κ3) is 6.34. The van der Waals surface area contributed by atoms with Gasteiger partial charge in [-0.15, -0.1) is 0 Å². The first kappa shape index (κ1) is 18.0. The van der Waals surface area contributed by atoms with Crippen LogP contribution in [0.3, 0.4) is 0 Å². The minimum atomic E-state index is 0.168. The van der Waals surface area contributed by atoms with Crippen molar-refractivity contribution in [1.29, 1.82) is 0 Å². The molecule has 128 valence electrons. The Morgan fingerprint density at radius 1 is 1.09 bits per heavy atom. The fraction of sp³-hybridized carbons (Fsp3) is 0.650. The molecule has 1 aromatic rings. The average molecular weight is 316 g/mol. The van der Waals surface area contributed by atoms with Crippen LogP contribution in [0.15, 0.2) is 24.3 Å². The van der Waals surface area contributed by atoms with Crippen molar-refractivity contribution >= 4 is 5.91 Å². The van der Waals surface area contributed by atoms with E-state index in [1.54, 1.807) is 0 Å². The van der Waals surface area contributed by atoms with Gasteiger partial charge in [-0.1, -0.05) is 51.5 Å². The number of likely N-dealkylation sites (tertiary alicyclic amines) is 1. The second kappa shape index (κ2) is 8.49. The standard InChI is InChI=1S/C20H32N2O/c1-20(2,3)18-10-7-17(8-11-18)9-12-19(23)21-13-16-22-14-5-4-6-15-22/h7-8,10-11H,4-6,9,12-16H2,1-3H3,(H,21,23). The van der Waals surface area contributed by atoms with Crippen LogP contribution in [0.4, 0.5) is 0 Å². The number of carbonyl (C=O) groups is 1. The summed E-state index contributed by atoms with van der Waals surface area (Å²) >= 11 is 0. The molecule has 1 aliphatic rings. The van der Waals surface area contributed by atoms with Crippen molar-refractivity contribution in [3.05, 3.63) is 35.4 Å². The van der Waals surface area contributed by atoms with Crippen molar-refractivity contribution in [2.75, 3.05) is 26.2 Å². The molecule has 0 aliphatic carbocycles. The minimum absolute atomic E-state index is 0.168. The lowest BCUT2D eigenvalue weighted by molar-refractivity contribution is -0.121. The molecule has 0 spiro atoms. The zero-order chi connectivity index (χ0) is 16.7. The third-order valence-electron chi connectivity index (χ3n) is 4.66. The summed E-state index contributed by atoms with van der Waals surface area (Å²) in [6, 6.07) is 8.68. The van der Waals surface area contributed by atoms with Gasteiger partial charge in [-0.2, -0.15) is 0 Å². The molecule has 1 aromatic carbocycles. The van der Waals surface area contributed by atoms with Gasteiger partial charge in [0.2, 0.25) is 5.91 Å². The molecule has 1 aliphatic heterocycles. The second-order valence-electron chi connectivity index (χ2n) is 7.70. The van der Waals surface area contributed by atoms with E-state index in [1.807, 2.05) is 0 Å². The molecule has 0 saturated carbocycles. The van der Waals surface area contributed by atoms with E-state index >= 15 is 0 Å². The summed E-state index contributed by atoms with van der Waals surface area (Å²) in [5, 5.41) is 3.06. The van der Waals surface area contributed by atoms with Crippen LogP contribution in [-0.4, -0.2) is 37.0 Å². The van der Waals surface area contributed by atoms with Crippen LogP contribution < -0.4 is 5.32 Å². The molecule has 1 N–H and O–H groups in total. The highest BCUT2D eigenvalue weighted by Crippen LogP contribution is 2.22. The molecule has 1 amide bonds. The van der Waals surface area contributed by atoms with Crippen LogP contribution in [0.5, 0.6) is 0 Å². The number of amides is 1. The highest BCUT2D eigenvalue weighted by molar-refractivity contribution is 5.76. The summed E-state index contributed by atoms with van der Waals surface area (Å²) in [6.45, 7) is 10.8. The number of benzene rings is 1. The lowest BCUT2D eigenvalue weighted by Crippen LogP contribution is -2.37. The summed E-state index contributed by atoms with van der Waals surface area (Å²) in [7, 11) is 0. The lowest BCUT2D eigenvalue weighted by Gasteiger charge is -2.26. The summed E-state index contributed by atoms with van der Waals surface area (Å²) < 4.78 is 0. The number of piperidine rings is 1. The normalized spacial score (nSPS) is 16.3. The van der Waals surface area contributed by atoms with Gasteiger partial charge >= 0.3 is 0 Å². The summed E-state index contributed by atoms with van der Waals surface area (Å²) in [4.78, 5) is 14.4. The second-order valence-corrected chi connectivity index (χ2v) is 7.70. The first-order chi connectivity index (χ1) is 10.9. The molecule has 3 heteroatoms. The molecule has 0 radical (unpaired) electrons. The number of nitrogens with zero attached hydrogens (tertiary/aromatic N) is 1. The number of rotatable bonds is 6. The van der Waals surface area contributed by atoms with Gasteiger partial charge in [-0.25, -0.2) is 0 Å². The van der Waals surface area contributed by atoms with Crippen molar-refractivity contribution in [1.82, 2.24) is 10.2 Å². The Bertz CT molecular complexity index is 481. The summed E-state index contributed by atoms with van der Waals surface area (Å²) in [5.41, 5.74) is 2.76. The van der Waals surface area contributed by atoms with Crippen LogP contribution in [0.25, 0.3) is 0 Å². The molecule has 2 rings (SSSR count). The number of nitrogens with one attached hydrogen (secondary N) is 1. The minimum Gasteiger partial charge on any atom is -0.355 e. The molecule has 1 saturated heterocycles. The van der Waals surface area contributed by atoms with Crippen molar-refractivity contribution in [2.24, 2.45) is 0 Å². The van der Waals surface area contributed by atoms with Crippen LogP contribution in [0.1, 0.15) is 57.6 Å². The molecule has 0 atom stereocenters. The Balaban J connectivity index is 1.65. The van der Waals surface area contributed by atoms with Crippen molar-refractivity contribution < 1.29 is 4.79 Å². The Morgan fingerprint density at radius 3 is 2.35 bits per heavy atom. The van der Waals surface area contributed by atoms with Crippen molar-refractivity contribution in [3.8, 4) is 0 Å². The SMILES string of the molecule is CC(C)(C)c1ccc(CCC(=O)NCCN2CCCCC2)cc1. The molecule has 23 heavy (non-hydrogen) atoms. The quantitative estimate of drug-likeness (QED) is 0.871. The van der Waals surface area contributed by atoms with E-state index in [2.05, 4.69) is 55.3 Å². The van der Waals surface area contributed by atoms with Gasteiger partial charge in [-0.3, -0.25) is 4.79 Å². The number of carbonyl (C=O) groups excluding carboxylic acids is 1. The zero-order valence-electron chi connectivity index (χ0n) is 15.0. The maximum absolute atomic E-state index is 12.0. The van der Waals surface area contributed by atoms with Crippen molar-refractivity contribution in [3.63, 3.8) is 0 Å². The van der Waals surface area contributed by atoms with E-state index < -0.39 is 0 Å². The molecule has 0 bridgehead atoms. The fourth-order valence-corrected chi connectivity index (χ4v) is 3.05. The average Bonchev–Trinajstić information content (AvgIpc) is 2.53. The van der Waals surface area contributed by atoms with Crippen molar-refractivity contribution in [2.45, 2.75) is 58.3 Å². The lowest BCUT2D eigenvalue weighted by atomic mass is 9.86. The Kier molecular flexibility index (Phi) is 6.64. The molecule has 1 fully saturated rings. The molecular formula is C20H32N2O. The summed E-state index contributed by atoms with van der Waals surface area (Å²) in [5.74, 6) is 0.168. The molecular weight excluding hydrogens is 284 g/mol. The van der Waals surface area contributed by atoms with Crippen LogP contribution in [0.2, 0.25) is 0 Å². The predicted octanol–water partition coefficient (Wildman–Crippen LogP) is 3.52.